The predicted octanol–water partition coefficient (Wildman–Crippen LogP) is 4.27. The Balaban J connectivity index is 1.61. The molecule has 1 aromatic carbocycles. The summed E-state index contributed by atoms with van der Waals surface area (Å²) in [5.74, 6) is 0.306. The van der Waals surface area contributed by atoms with E-state index in [0.717, 1.165) is 18.4 Å². The van der Waals surface area contributed by atoms with Crippen LogP contribution in [0.15, 0.2) is 58.4 Å². The molecule has 0 radical (unpaired) electrons. The summed E-state index contributed by atoms with van der Waals surface area (Å²) >= 11 is 6.70. The number of thioether (sulfide) groups is 1. The van der Waals surface area contributed by atoms with Crippen LogP contribution < -0.4 is 10.9 Å². The van der Waals surface area contributed by atoms with E-state index in [9.17, 15) is 9.59 Å². The molecule has 8 heteroatoms. The first kappa shape index (κ1) is 22.2. The van der Waals surface area contributed by atoms with Crippen LogP contribution >= 0.6 is 24.0 Å². The van der Waals surface area contributed by atoms with Crippen LogP contribution in [0.1, 0.15) is 30.0 Å². The van der Waals surface area contributed by atoms with E-state index in [4.69, 9.17) is 12.2 Å². The molecule has 1 aliphatic rings. The summed E-state index contributed by atoms with van der Waals surface area (Å²) in [6.07, 6.45) is 5.06. The number of nitrogens with zero attached hydrogens (tertiary/aromatic N) is 3. The van der Waals surface area contributed by atoms with Gasteiger partial charge in [0.15, 0.2) is 0 Å². The fourth-order valence-electron chi connectivity index (χ4n) is 3.60. The molecule has 3 heterocycles. The van der Waals surface area contributed by atoms with E-state index in [1.54, 1.807) is 17.2 Å². The van der Waals surface area contributed by atoms with Gasteiger partial charge >= 0.3 is 0 Å². The number of hydrogen-bond donors (Lipinski definition) is 1. The molecule has 1 N–H and O–H groups in total. The van der Waals surface area contributed by atoms with Crippen LogP contribution in [0.4, 0.5) is 5.82 Å². The highest BCUT2D eigenvalue weighted by Gasteiger charge is 2.32. The fourth-order valence-corrected chi connectivity index (χ4v) is 4.89. The average Bonchev–Trinajstić information content (AvgIpc) is 3.05. The maximum Gasteiger partial charge on any atom is 0.267 e. The number of nitrogens with one attached hydrogen (secondary N) is 1. The minimum atomic E-state index is -0.219. The molecule has 6 nitrogen and oxygen atoms in total. The van der Waals surface area contributed by atoms with Crippen LogP contribution in [-0.4, -0.2) is 37.6 Å². The molecule has 3 aromatic rings. The van der Waals surface area contributed by atoms with E-state index in [1.807, 2.05) is 44.2 Å². The van der Waals surface area contributed by atoms with Crippen LogP contribution in [0.2, 0.25) is 0 Å². The Morgan fingerprint density at radius 1 is 1.16 bits per heavy atom. The van der Waals surface area contributed by atoms with E-state index in [-0.39, 0.29) is 11.5 Å². The molecule has 1 aliphatic heterocycles. The van der Waals surface area contributed by atoms with E-state index in [2.05, 4.69) is 22.4 Å². The van der Waals surface area contributed by atoms with Crippen molar-refractivity contribution in [3.63, 3.8) is 0 Å². The minimum absolute atomic E-state index is 0.163. The second-order valence-electron chi connectivity index (χ2n) is 7.57. The smallest absolute Gasteiger partial charge is 0.267 e. The van der Waals surface area contributed by atoms with E-state index in [0.29, 0.717) is 39.3 Å². The van der Waals surface area contributed by atoms with Gasteiger partial charge in [-0.2, -0.15) is 0 Å². The Morgan fingerprint density at radius 2 is 1.94 bits per heavy atom. The summed E-state index contributed by atoms with van der Waals surface area (Å²) in [5, 5.41) is 3.15. The Hall–Kier alpha value is -2.97. The number of anilines is 1. The van der Waals surface area contributed by atoms with Gasteiger partial charge in [0.05, 0.1) is 10.5 Å². The summed E-state index contributed by atoms with van der Waals surface area (Å²) in [7, 11) is 0. The minimum Gasteiger partial charge on any atom is -0.370 e. The molecular weight excluding hydrogens is 440 g/mol. The molecule has 0 unspecified atom stereocenters. The van der Waals surface area contributed by atoms with E-state index < -0.39 is 0 Å². The number of carbonyl (C=O) groups is 1. The zero-order chi connectivity index (χ0) is 22.7. The van der Waals surface area contributed by atoms with E-state index in [1.165, 1.54) is 21.7 Å². The lowest BCUT2D eigenvalue weighted by Gasteiger charge is -2.14. The van der Waals surface area contributed by atoms with Gasteiger partial charge in [-0.15, -0.1) is 0 Å². The first-order valence-corrected chi connectivity index (χ1v) is 11.8. The Kier molecular flexibility index (Phi) is 6.72. The van der Waals surface area contributed by atoms with Crippen molar-refractivity contribution in [2.45, 2.75) is 26.7 Å². The molecule has 1 amide bonds. The van der Waals surface area contributed by atoms with Crippen LogP contribution in [0.5, 0.6) is 0 Å². The topological polar surface area (TPSA) is 66.7 Å². The van der Waals surface area contributed by atoms with Crippen molar-refractivity contribution in [2.75, 3.05) is 18.4 Å². The molecule has 32 heavy (non-hydrogen) atoms. The average molecular weight is 465 g/mol. The van der Waals surface area contributed by atoms with Crippen molar-refractivity contribution in [3.8, 4) is 0 Å². The number of amides is 1. The quantitative estimate of drug-likeness (QED) is 0.416. The first-order valence-electron chi connectivity index (χ1n) is 10.5. The summed E-state index contributed by atoms with van der Waals surface area (Å²) in [6, 6.07) is 13.9. The lowest BCUT2D eigenvalue weighted by molar-refractivity contribution is -0.122. The maximum absolute atomic E-state index is 13.2. The molecule has 4 rings (SSSR count). The van der Waals surface area contributed by atoms with Crippen molar-refractivity contribution in [2.24, 2.45) is 0 Å². The molecule has 1 fully saturated rings. The van der Waals surface area contributed by atoms with Crippen molar-refractivity contribution >= 4 is 51.7 Å². The molecule has 0 spiro atoms. The Bertz CT molecular complexity index is 1270. The lowest BCUT2D eigenvalue weighted by atomic mass is 10.1. The number of aromatic nitrogens is 2. The third kappa shape index (κ3) is 4.61. The van der Waals surface area contributed by atoms with Gasteiger partial charge in [0.25, 0.3) is 11.5 Å². The fraction of sp³-hybridized carbons (Fsp3) is 0.250. The normalized spacial score (nSPS) is 15.2. The van der Waals surface area contributed by atoms with E-state index >= 15 is 0 Å². The molecule has 0 atom stereocenters. The summed E-state index contributed by atoms with van der Waals surface area (Å²) in [6.45, 7) is 5.01. The zero-order valence-electron chi connectivity index (χ0n) is 18.0. The summed E-state index contributed by atoms with van der Waals surface area (Å²) in [4.78, 5) is 33.0. The number of pyridine rings is 1. The second-order valence-corrected chi connectivity index (χ2v) is 9.24. The van der Waals surface area contributed by atoms with Crippen LogP contribution in [0, 0.1) is 6.92 Å². The van der Waals surface area contributed by atoms with Gasteiger partial charge < -0.3 is 5.32 Å². The molecule has 0 aliphatic carbocycles. The summed E-state index contributed by atoms with van der Waals surface area (Å²) < 4.78 is 2.03. The Labute approximate surface area is 196 Å². The zero-order valence-corrected chi connectivity index (χ0v) is 19.6. The highest BCUT2D eigenvalue weighted by Crippen LogP contribution is 2.33. The van der Waals surface area contributed by atoms with Gasteiger partial charge in [0.2, 0.25) is 0 Å². The van der Waals surface area contributed by atoms with Crippen molar-refractivity contribution in [1.29, 1.82) is 0 Å². The highest BCUT2D eigenvalue weighted by atomic mass is 32.2. The standard InChI is InChI=1S/C24H24N4O2S2/c1-3-25-21-18(22(29)28-15-16(2)11-12-20(28)26-21)14-19-23(30)27(24(31)32-19)13-7-10-17-8-5-4-6-9-17/h4-6,8-9,11-12,14-15,25H,3,7,10,13H2,1-2H3. The van der Waals surface area contributed by atoms with Gasteiger partial charge in [-0.3, -0.25) is 18.9 Å². The number of carbonyl (C=O) groups excluding carboxylic acids is 1. The predicted molar refractivity (Wildman–Crippen MR) is 135 cm³/mol. The molecule has 164 valence electrons. The van der Waals surface area contributed by atoms with Gasteiger partial charge in [0.1, 0.15) is 15.8 Å². The third-order valence-electron chi connectivity index (χ3n) is 5.19. The SMILES string of the molecule is CCNc1nc2ccc(C)cn2c(=O)c1C=C1SC(=S)N(CCCc2ccccc2)C1=O. The molecule has 2 aromatic heterocycles. The van der Waals surface area contributed by atoms with Crippen molar-refractivity contribution in [1.82, 2.24) is 14.3 Å². The van der Waals surface area contributed by atoms with Crippen molar-refractivity contribution < 1.29 is 4.79 Å². The third-order valence-corrected chi connectivity index (χ3v) is 6.57. The van der Waals surface area contributed by atoms with Gasteiger partial charge in [-0.05, 0) is 50.0 Å². The number of hydrogen-bond acceptors (Lipinski definition) is 6. The van der Waals surface area contributed by atoms with Gasteiger partial charge in [-0.1, -0.05) is 60.4 Å². The van der Waals surface area contributed by atoms with Gasteiger partial charge in [-0.25, -0.2) is 4.98 Å². The van der Waals surface area contributed by atoms with Crippen molar-refractivity contribution in [3.05, 3.63) is 80.6 Å². The monoisotopic (exact) mass is 464 g/mol. The summed E-state index contributed by atoms with van der Waals surface area (Å²) in [5.41, 5.74) is 2.88. The van der Waals surface area contributed by atoms with Crippen LogP contribution in [0.3, 0.4) is 0 Å². The number of aryl methyl sites for hydroxylation is 2. The largest absolute Gasteiger partial charge is 0.370 e. The molecule has 0 bridgehead atoms. The number of benzene rings is 1. The number of thiocarbonyl (C=S) groups is 1. The molecular formula is C24H24N4O2S2. The number of fused-ring (bicyclic) bond motifs is 1. The second kappa shape index (κ2) is 9.67. The number of rotatable bonds is 7. The van der Waals surface area contributed by atoms with Crippen LogP contribution in [-0.2, 0) is 11.2 Å². The van der Waals surface area contributed by atoms with Gasteiger partial charge in [0, 0.05) is 19.3 Å². The highest BCUT2D eigenvalue weighted by molar-refractivity contribution is 8.26. The lowest BCUT2D eigenvalue weighted by Crippen LogP contribution is -2.29. The van der Waals surface area contributed by atoms with Crippen LogP contribution in [0.25, 0.3) is 11.7 Å². The maximum atomic E-state index is 13.2. The molecule has 0 saturated carbocycles. The Morgan fingerprint density at radius 3 is 2.69 bits per heavy atom. The first-order chi connectivity index (χ1) is 15.5. The molecule has 1 saturated heterocycles.